The second-order valence-electron chi connectivity index (χ2n) is 4.03. The Bertz CT molecular complexity index is 538. The van der Waals surface area contributed by atoms with E-state index in [-0.39, 0.29) is 11.7 Å². The molecular weight excluding hydrogens is 260 g/mol. The molecule has 5 heteroatoms. The first-order valence-corrected chi connectivity index (χ1v) is 6.91. The quantitative estimate of drug-likeness (QED) is 0.823. The Hall–Kier alpha value is -2.01. The van der Waals surface area contributed by atoms with E-state index in [1.165, 1.54) is 11.3 Å². The zero-order valence-corrected chi connectivity index (χ0v) is 11.2. The number of carbonyl (C=O) groups excluding carboxylic acids is 2. The SMILES string of the molecule is O=C(CCCC(=O)c1ccccc1)Nc1nccs1. The maximum absolute atomic E-state index is 11.8. The number of aromatic nitrogens is 1. The van der Waals surface area contributed by atoms with E-state index in [0.29, 0.717) is 30.0 Å². The van der Waals surface area contributed by atoms with Crippen LogP contribution in [0.2, 0.25) is 0 Å². The van der Waals surface area contributed by atoms with Gasteiger partial charge in [-0.25, -0.2) is 4.98 Å². The van der Waals surface area contributed by atoms with Crippen molar-refractivity contribution in [1.82, 2.24) is 4.98 Å². The van der Waals surface area contributed by atoms with Gasteiger partial charge in [-0.05, 0) is 6.42 Å². The first-order valence-electron chi connectivity index (χ1n) is 6.03. The summed E-state index contributed by atoms with van der Waals surface area (Å²) in [7, 11) is 0. The van der Waals surface area contributed by atoms with Gasteiger partial charge in [0, 0.05) is 30.0 Å². The number of anilines is 1. The molecule has 0 bridgehead atoms. The number of carbonyl (C=O) groups is 2. The van der Waals surface area contributed by atoms with E-state index < -0.39 is 0 Å². The van der Waals surface area contributed by atoms with E-state index >= 15 is 0 Å². The standard InChI is InChI=1S/C14H14N2O2S/c17-12(11-5-2-1-3-6-11)7-4-8-13(18)16-14-15-9-10-19-14/h1-3,5-6,9-10H,4,7-8H2,(H,15,16,18). The van der Waals surface area contributed by atoms with Crippen LogP contribution < -0.4 is 5.32 Å². The first kappa shape index (κ1) is 13.4. The summed E-state index contributed by atoms with van der Waals surface area (Å²) in [4.78, 5) is 27.3. The molecule has 2 aromatic rings. The topological polar surface area (TPSA) is 59.1 Å². The van der Waals surface area contributed by atoms with Crippen LogP contribution in [0, 0.1) is 0 Å². The van der Waals surface area contributed by atoms with Crippen molar-refractivity contribution in [3.63, 3.8) is 0 Å². The Kier molecular flexibility index (Phi) is 4.80. The number of Topliss-reactive ketones (excluding diaryl/α,β-unsaturated/α-hetero) is 1. The van der Waals surface area contributed by atoms with E-state index in [0.717, 1.165) is 0 Å². The fourth-order valence-electron chi connectivity index (χ4n) is 1.64. The van der Waals surface area contributed by atoms with Crippen molar-refractivity contribution in [2.45, 2.75) is 19.3 Å². The van der Waals surface area contributed by atoms with Crippen LogP contribution in [0.4, 0.5) is 5.13 Å². The summed E-state index contributed by atoms with van der Waals surface area (Å²) in [5.74, 6) is -0.0292. The molecule has 0 aliphatic rings. The summed E-state index contributed by atoms with van der Waals surface area (Å²) in [6.45, 7) is 0. The summed E-state index contributed by atoms with van der Waals surface area (Å²) < 4.78 is 0. The maximum Gasteiger partial charge on any atom is 0.226 e. The minimum Gasteiger partial charge on any atom is -0.302 e. The van der Waals surface area contributed by atoms with Crippen molar-refractivity contribution >= 4 is 28.2 Å². The molecule has 2 rings (SSSR count). The van der Waals surface area contributed by atoms with E-state index in [2.05, 4.69) is 10.3 Å². The van der Waals surface area contributed by atoms with Gasteiger partial charge >= 0.3 is 0 Å². The minimum absolute atomic E-state index is 0.0719. The van der Waals surface area contributed by atoms with Crippen LogP contribution in [0.1, 0.15) is 29.6 Å². The normalized spacial score (nSPS) is 10.1. The average Bonchev–Trinajstić information content (AvgIpc) is 2.92. The lowest BCUT2D eigenvalue weighted by atomic mass is 10.1. The Labute approximate surface area is 115 Å². The van der Waals surface area contributed by atoms with Gasteiger partial charge in [-0.15, -0.1) is 11.3 Å². The number of hydrogen-bond donors (Lipinski definition) is 1. The molecule has 0 radical (unpaired) electrons. The molecule has 0 aliphatic heterocycles. The lowest BCUT2D eigenvalue weighted by molar-refractivity contribution is -0.116. The molecule has 0 unspecified atom stereocenters. The Balaban J connectivity index is 1.72. The molecule has 0 saturated carbocycles. The number of rotatable bonds is 6. The first-order chi connectivity index (χ1) is 9.25. The van der Waals surface area contributed by atoms with E-state index in [4.69, 9.17) is 0 Å². The van der Waals surface area contributed by atoms with Crippen molar-refractivity contribution in [2.75, 3.05) is 5.32 Å². The summed E-state index contributed by atoms with van der Waals surface area (Å²) in [6, 6.07) is 9.12. The highest BCUT2D eigenvalue weighted by molar-refractivity contribution is 7.13. The second kappa shape index (κ2) is 6.80. The van der Waals surface area contributed by atoms with Crippen molar-refractivity contribution in [2.24, 2.45) is 0 Å². The largest absolute Gasteiger partial charge is 0.302 e. The molecule has 0 aliphatic carbocycles. The molecule has 98 valence electrons. The number of hydrogen-bond acceptors (Lipinski definition) is 4. The summed E-state index contributed by atoms with van der Waals surface area (Å²) >= 11 is 1.38. The van der Waals surface area contributed by atoms with Gasteiger partial charge in [-0.2, -0.15) is 0 Å². The van der Waals surface area contributed by atoms with Gasteiger partial charge in [0.25, 0.3) is 0 Å². The molecule has 4 nitrogen and oxygen atoms in total. The molecule has 0 fully saturated rings. The van der Waals surface area contributed by atoms with Gasteiger partial charge in [0.05, 0.1) is 0 Å². The highest BCUT2D eigenvalue weighted by Crippen LogP contribution is 2.12. The van der Waals surface area contributed by atoms with Crippen molar-refractivity contribution < 1.29 is 9.59 Å². The van der Waals surface area contributed by atoms with E-state index in [1.54, 1.807) is 23.7 Å². The van der Waals surface area contributed by atoms with Crippen LogP contribution >= 0.6 is 11.3 Å². The second-order valence-corrected chi connectivity index (χ2v) is 4.92. The molecule has 0 saturated heterocycles. The van der Waals surface area contributed by atoms with Gasteiger partial charge in [0.15, 0.2) is 10.9 Å². The monoisotopic (exact) mass is 274 g/mol. The lowest BCUT2D eigenvalue weighted by Gasteiger charge is -2.02. The van der Waals surface area contributed by atoms with Gasteiger partial charge < -0.3 is 5.32 Å². The van der Waals surface area contributed by atoms with E-state index in [9.17, 15) is 9.59 Å². The highest BCUT2D eigenvalue weighted by Gasteiger charge is 2.08. The number of nitrogens with one attached hydrogen (secondary N) is 1. The molecule has 0 spiro atoms. The summed E-state index contributed by atoms with van der Waals surface area (Å²) in [6.07, 6.45) is 2.90. The Morgan fingerprint density at radius 2 is 1.95 bits per heavy atom. The number of nitrogens with zero attached hydrogens (tertiary/aromatic N) is 1. The molecule has 19 heavy (non-hydrogen) atoms. The van der Waals surface area contributed by atoms with Gasteiger partial charge in [-0.3, -0.25) is 9.59 Å². The van der Waals surface area contributed by atoms with Gasteiger partial charge in [0.2, 0.25) is 5.91 Å². The Morgan fingerprint density at radius 1 is 1.16 bits per heavy atom. The number of amides is 1. The van der Waals surface area contributed by atoms with Gasteiger partial charge in [0.1, 0.15) is 0 Å². The van der Waals surface area contributed by atoms with Crippen LogP contribution in [-0.2, 0) is 4.79 Å². The number of benzene rings is 1. The molecule has 0 atom stereocenters. The maximum atomic E-state index is 11.8. The third-order valence-electron chi connectivity index (χ3n) is 2.58. The number of ketones is 1. The number of thiazole rings is 1. The van der Waals surface area contributed by atoms with Crippen LogP contribution in [0.25, 0.3) is 0 Å². The minimum atomic E-state index is -0.101. The smallest absolute Gasteiger partial charge is 0.226 e. The predicted octanol–water partition coefficient (Wildman–Crippen LogP) is 3.13. The van der Waals surface area contributed by atoms with Crippen LogP contribution in [0.3, 0.4) is 0 Å². The molecule has 1 amide bonds. The molecular formula is C14H14N2O2S. The van der Waals surface area contributed by atoms with Crippen molar-refractivity contribution in [1.29, 1.82) is 0 Å². The molecule has 1 aromatic heterocycles. The lowest BCUT2D eigenvalue weighted by Crippen LogP contribution is -2.11. The van der Waals surface area contributed by atoms with Crippen molar-refractivity contribution in [3.8, 4) is 0 Å². The average molecular weight is 274 g/mol. The van der Waals surface area contributed by atoms with Gasteiger partial charge in [-0.1, -0.05) is 30.3 Å². The molecule has 1 heterocycles. The molecule has 1 N–H and O–H groups in total. The Morgan fingerprint density at radius 3 is 2.63 bits per heavy atom. The van der Waals surface area contributed by atoms with Crippen LogP contribution in [0.15, 0.2) is 41.9 Å². The fraction of sp³-hybridized carbons (Fsp3) is 0.214. The zero-order valence-electron chi connectivity index (χ0n) is 10.3. The van der Waals surface area contributed by atoms with Crippen LogP contribution in [-0.4, -0.2) is 16.7 Å². The van der Waals surface area contributed by atoms with Crippen molar-refractivity contribution in [3.05, 3.63) is 47.5 Å². The highest BCUT2D eigenvalue weighted by atomic mass is 32.1. The fourth-order valence-corrected chi connectivity index (χ4v) is 2.19. The zero-order chi connectivity index (χ0) is 13.5. The summed E-state index contributed by atoms with van der Waals surface area (Å²) in [5.41, 5.74) is 0.697. The summed E-state index contributed by atoms with van der Waals surface area (Å²) in [5, 5.41) is 5.09. The molecule has 1 aromatic carbocycles. The third-order valence-corrected chi connectivity index (χ3v) is 3.27. The van der Waals surface area contributed by atoms with Crippen LogP contribution in [0.5, 0.6) is 0 Å². The van der Waals surface area contributed by atoms with E-state index in [1.807, 2.05) is 18.2 Å². The predicted molar refractivity (Wildman–Crippen MR) is 75.4 cm³/mol. The third kappa shape index (κ3) is 4.30.